The predicted molar refractivity (Wildman–Crippen MR) is 132 cm³/mol. The van der Waals surface area contributed by atoms with E-state index >= 15 is 0 Å². The molecular weight excluding hydrogens is 469 g/mol. The van der Waals surface area contributed by atoms with Crippen LogP contribution >= 0.6 is 11.6 Å². The highest BCUT2D eigenvalue weighted by Gasteiger charge is 2.41. The number of carbonyl (C=O) groups excluding carboxylic acids is 2. The number of primary amides is 1. The van der Waals surface area contributed by atoms with E-state index in [4.69, 9.17) is 22.1 Å². The molecule has 2 amide bonds. The maximum Gasteiger partial charge on any atom is 0.257 e. The first-order chi connectivity index (χ1) is 16.7. The van der Waals surface area contributed by atoms with Crippen LogP contribution in [-0.4, -0.2) is 28.8 Å². The Hall–Kier alpha value is -3.71. The molecule has 1 heterocycles. The fourth-order valence-electron chi connectivity index (χ4n) is 4.66. The van der Waals surface area contributed by atoms with Crippen LogP contribution in [0.5, 0.6) is 0 Å². The highest BCUT2D eigenvalue weighted by atomic mass is 35.5. The summed E-state index contributed by atoms with van der Waals surface area (Å²) in [6.07, 6.45) is 2.39. The highest BCUT2D eigenvalue weighted by molar-refractivity contribution is 6.30. The molecule has 0 saturated carbocycles. The number of rotatable bonds is 7. The molecule has 6 nitrogen and oxygen atoms in total. The van der Waals surface area contributed by atoms with Gasteiger partial charge < -0.3 is 15.4 Å². The number of pyridine rings is 1. The second-order valence-corrected chi connectivity index (χ2v) is 8.85. The van der Waals surface area contributed by atoms with E-state index in [0.29, 0.717) is 52.1 Å². The number of carbonyl (C=O) groups is 2. The summed E-state index contributed by atoms with van der Waals surface area (Å²) in [7, 11) is 1.50. The van der Waals surface area contributed by atoms with Gasteiger partial charge in [0.15, 0.2) is 0 Å². The number of hydrogen-bond acceptors (Lipinski definition) is 4. The average molecular weight is 494 g/mol. The summed E-state index contributed by atoms with van der Waals surface area (Å²) in [4.78, 5) is 32.7. The van der Waals surface area contributed by atoms with Crippen molar-refractivity contribution in [2.75, 3.05) is 7.11 Å². The van der Waals surface area contributed by atoms with E-state index in [1.165, 1.54) is 18.1 Å². The summed E-state index contributed by atoms with van der Waals surface area (Å²) in [6.45, 7) is 5.59. The molecule has 1 aliphatic carbocycles. The molecule has 2 aromatic carbocycles. The van der Waals surface area contributed by atoms with Gasteiger partial charge in [-0.25, -0.2) is 4.39 Å². The second-order valence-electron chi connectivity index (χ2n) is 8.42. The molecule has 4 rings (SSSR count). The van der Waals surface area contributed by atoms with Gasteiger partial charge in [0.05, 0.1) is 18.7 Å². The molecule has 180 valence electrons. The Bertz CT molecular complexity index is 1330. The fraction of sp³-hybridized carbons (Fsp3) is 0.222. The topological polar surface area (TPSA) is 85.5 Å². The van der Waals surface area contributed by atoms with Crippen molar-refractivity contribution in [3.63, 3.8) is 0 Å². The number of ether oxygens (including phenoxy) is 1. The third-order valence-electron chi connectivity index (χ3n) is 6.35. The Labute approximate surface area is 208 Å². The van der Waals surface area contributed by atoms with E-state index in [1.807, 2.05) is 0 Å². The Morgan fingerprint density at radius 2 is 2.03 bits per heavy atom. The van der Waals surface area contributed by atoms with Crippen molar-refractivity contribution in [3.05, 3.63) is 106 Å². The monoisotopic (exact) mass is 493 g/mol. The van der Waals surface area contributed by atoms with Gasteiger partial charge in [-0.05, 0) is 66.8 Å². The third kappa shape index (κ3) is 4.64. The van der Waals surface area contributed by atoms with E-state index in [9.17, 15) is 14.0 Å². The molecule has 0 aliphatic heterocycles. The third-order valence-corrected chi connectivity index (χ3v) is 6.57. The lowest BCUT2D eigenvalue weighted by molar-refractivity contribution is -0.123. The number of nitrogens with two attached hydrogens (primary N) is 1. The van der Waals surface area contributed by atoms with Gasteiger partial charge in [0.2, 0.25) is 5.91 Å². The molecule has 1 aliphatic rings. The Kier molecular flexibility index (Phi) is 6.89. The highest BCUT2D eigenvalue weighted by Crippen LogP contribution is 2.43. The largest absolute Gasteiger partial charge is 0.497 e. The molecule has 2 N–H and O–H groups in total. The number of halogens is 2. The number of hydrogen-bond donors (Lipinski definition) is 1. The van der Waals surface area contributed by atoms with Gasteiger partial charge in [-0.2, -0.15) is 0 Å². The van der Waals surface area contributed by atoms with E-state index in [-0.39, 0.29) is 5.02 Å². The SMILES string of the molecule is C=C(OC)c1cccc([C@@H](C(N)=O)N(C(=O)c2cccnc2C)[C@@H]2CCc3c(F)cc(Cl)cc32)c1. The zero-order chi connectivity index (χ0) is 25.3. The van der Waals surface area contributed by atoms with Gasteiger partial charge in [-0.15, -0.1) is 0 Å². The first-order valence-electron chi connectivity index (χ1n) is 11.1. The van der Waals surface area contributed by atoms with Crippen LogP contribution in [0.4, 0.5) is 4.39 Å². The molecule has 0 bridgehead atoms. The summed E-state index contributed by atoms with van der Waals surface area (Å²) in [6, 6.07) is 11.4. The van der Waals surface area contributed by atoms with Crippen LogP contribution in [0.25, 0.3) is 5.76 Å². The normalized spacial score (nSPS) is 15.3. The molecule has 0 spiro atoms. The van der Waals surface area contributed by atoms with Crippen molar-refractivity contribution in [1.82, 2.24) is 9.88 Å². The van der Waals surface area contributed by atoms with Crippen LogP contribution in [0.15, 0.2) is 61.3 Å². The predicted octanol–water partition coefficient (Wildman–Crippen LogP) is 5.16. The number of aryl methyl sites for hydroxylation is 1. The maximum absolute atomic E-state index is 14.7. The number of amides is 2. The van der Waals surface area contributed by atoms with Crippen molar-refractivity contribution in [2.45, 2.75) is 31.8 Å². The van der Waals surface area contributed by atoms with Crippen LogP contribution in [-0.2, 0) is 16.0 Å². The average Bonchev–Trinajstić information content (AvgIpc) is 3.25. The lowest BCUT2D eigenvalue weighted by atomic mass is 9.96. The number of nitrogens with zero attached hydrogens (tertiary/aromatic N) is 2. The molecule has 3 aromatic rings. The molecule has 2 atom stereocenters. The lowest BCUT2D eigenvalue weighted by Crippen LogP contribution is -2.43. The van der Waals surface area contributed by atoms with Crippen molar-refractivity contribution >= 4 is 29.2 Å². The molecule has 35 heavy (non-hydrogen) atoms. The van der Waals surface area contributed by atoms with Crippen molar-refractivity contribution in [3.8, 4) is 0 Å². The zero-order valence-corrected chi connectivity index (χ0v) is 20.2. The Morgan fingerprint density at radius 3 is 2.71 bits per heavy atom. The first-order valence-corrected chi connectivity index (χ1v) is 11.4. The molecular formula is C27H25ClFN3O3. The minimum atomic E-state index is -1.15. The summed E-state index contributed by atoms with van der Waals surface area (Å²) >= 11 is 6.18. The summed E-state index contributed by atoms with van der Waals surface area (Å²) in [5.41, 5.74) is 8.92. The molecule has 0 saturated heterocycles. The Balaban J connectivity index is 1.91. The van der Waals surface area contributed by atoms with Gasteiger partial charge in [0.25, 0.3) is 5.91 Å². The summed E-state index contributed by atoms with van der Waals surface area (Å²) < 4.78 is 20.0. The second kappa shape index (κ2) is 9.88. The van der Waals surface area contributed by atoms with E-state index in [2.05, 4.69) is 11.6 Å². The van der Waals surface area contributed by atoms with Crippen molar-refractivity contribution < 1.29 is 18.7 Å². The number of methoxy groups -OCH3 is 1. The minimum absolute atomic E-state index is 0.215. The number of aromatic nitrogens is 1. The summed E-state index contributed by atoms with van der Waals surface area (Å²) in [5, 5.41) is 0.215. The van der Waals surface area contributed by atoms with Crippen LogP contribution < -0.4 is 5.73 Å². The number of benzene rings is 2. The van der Waals surface area contributed by atoms with Crippen molar-refractivity contribution in [1.29, 1.82) is 0 Å². The molecule has 1 aromatic heterocycles. The zero-order valence-electron chi connectivity index (χ0n) is 19.4. The van der Waals surface area contributed by atoms with E-state index in [1.54, 1.807) is 55.6 Å². The summed E-state index contributed by atoms with van der Waals surface area (Å²) in [5.74, 6) is -1.20. The van der Waals surface area contributed by atoms with Gasteiger partial charge in [0.1, 0.15) is 17.6 Å². The van der Waals surface area contributed by atoms with Gasteiger partial charge in [0, 0.05) is 22.5 Å². The molecule has 0 radical (unpaired) electrons. The standard InChI is InChI=1S/C27H25ClFN3O3/c1-15-20(8-5-11-31-15)27(34)32(24-10-9-21-22(24)13-19(28)14-23(21)29)25(26(30)33)18-7-4-6-17(12-18)16(2)35-3/h4-8,11-14,24-25H,2,9-10H2,1,3H3,(H2,30,33)/t24-,25+/m1/s1. The van der Waals surface area contributed by atoms with Crippen LogP contribution in [0.1, 0.15) is 56.8 Å². The van der Waals surface area contributed by atoms with Gasteiger partial charge in [-0.3, -0.25) is 14.6 Å². The van der Waals surface area contributed by atoms with Crippen LogP contribution in [0, 0.1) is 12.7 Å². The molecule has 0 fully saturated rings. The quantitative estimate of drug-likeness (QED) is 0.461. The van der Waals surface area contributed by atoms with E-state index in [0.717, 1.165) is 0 Å². The fourth-order valence-corrected chi connectivity index (χ4v) is 4.87. The minimum Gasteiger partial charge on any atom is -0.497 e. The smallest absolute Gasteiger partial charge is 0.257 e. The maximum atomic E-state index is 14.7. The van der Waals surface area contributed by atoms with Crippen LogP contribution in [0.2, 0.25) is 5.02 Å². The van der Waals surface area contributed by atoms with E-state index < -0.39 is 29.7 Å². The number of fused-ring (bicyclic) bond motifs is 1. The molecule has 0 unspecified atom stereocenters. The first kappa shape index (κ1) is 24.4. The van der Waals surface area contributed by atoms with Gasteiger partial charge in [-0.1, -0.05) is 36.4 Å². The molecule has 8 heteroatoms. The van der Waals surface area contributed by atoms with Crippen molar-refractivity contribution in [2.24, 2.45) is 5.73 Å². The van der Waals surface area contributed by atoms with Crippen LogP contribution in [0.3, 0.4) is 0 Å². The lowest BCUT2D eigenvalue weighted by Gasteiger charge is -2.36. The van der Waals surface area contributed by atoms with Gasteiger partial charge >= 0.3 is 0 Å². The Morgan fingerprint density at radius 1 is 1.26 bits per heavy atom.